The molecular formula is C20H32N4O2. The Hall–Kier alpha value is -1.69. The second kappa shape index (κ2) is 7.91. The quantitative estimate of drug-likeness (QED) is 0.826. The highest BCUT2D eigenvalue weighted by atomic mass is 16.5. The first kappa shape index (κ1) is 19.1. The van der Waals surface area contributed by atoms with Gasteiger partial charge >= 0.3 is 0 Å². The largest absolute Gasteiger partial charge is 0.378 e. The van der Waals surface area contributed by atoms with E-state index in [1.54, 1.807) is 0 Å². The fourth-order valence-corrected chi connectivity index (χ4v) is 3.72. The number of likely N-dealkylation sites (tertiary alicyclic amines) is 1. The number of hydrogen-bond acceptors (Lipinski definition) is 5. The van der Waals surface area contributed by atoms with Crippen molar-refractivity contribution in [2.45, 2.75) is 52.9 Å². The van der Waals surface area contributed by atoms with Gasteiger partial charge in [-0.3, -0.25) is 4.79 Å². The summed E-state index contributed by atoms with van der Waals surface area (Å²) in [5.74, 6) is 2.36. The minimum Gasteiger partial charge on any atom is -0.378 e. The molecule has 0 saturated carbocycles. The summed E-state index contributed by atoms with van der Waals surface area (Å²) in [4.78, 5) is 26.6. The number of anilines is 1. The number of morpholine rings is 1. The van der Waals surface area contributed by atoms with Gasteiger partial charge in [-0.1, -0.05) is 20.8 Å². The lowest BCUT2D eigenvalue weighted by molar-refractivity contribution is -0.141. The van der Waals surface area contributed by atoms with Crippen LogP contribution < -0.4 is 4.90 Å². The maximum atomic E-state index is 12.9. The molecule has 3 heterocycles. The van der Waals surface area contributed by atoms with E-state index in [1.165, 1.54) is 0 Å². The van der Waals surface area contributed by atoms with Gasteiger partial charge in [0.05, 0.1) is 18.9 Å². The SMILES string of the molecule is CCC(C)(C)C(=O)N1CCC[C@H](c2cc(N3CCOCC3)nc(C)n2)C1. The molecule has 0 spiro atoms. The van der Waals surface area contributed by atoms with Gasteiger partial charge in [0.2, 0.25) is 5.91 Å². The van der Waals surface area contributed by atoms with Crippen molar-refractivity contribution in [1.82, 2.24) is 14.9 Å². The van der Waals surface area contributed by atoms with Crippen LogP contribution >= 0.6 is 0 Å². The van der Waals surface area contributed by atoms with Crippen LogP contribution in [0.15, 0.2) is 6.07 Å². The molecule has 144 valence electrons. The standard InChI is InChI=1S/C20H32N4O2/c1-5-20(3,4)19(25)24-8-6-7-16(14-24)17-13-18(22-15(2)21-17)23-9-11-26-12-10-23/h13,16H,5-12,14H2,1-4H3/t16-/m0/s1. The van der Waals surface area contributed by atoms with Crippen LogP contribution in [-0.2, 0) is 9.53 Å². The van der Waals surface area contributed by atoms with Crippen LogP contribution in [0.1, 0.15) is 57.5 Å². The molecule has 2 aliphatic rings. The minimum atomic E-state index is -0.289. The highest BCUT2D eigenvalue weighted by Crippen LogP contribution is 2.31. The molecule has 2 aliphatic heterocycles. The van der Waals surface area contributed by atoms with E-state index in [9.17, 15) is 4.79 Å². The summed E-state index contributed by atoms with van der Waals surface area (Å²) < 4.78 is 5.45. The molecule has 1 aromatic rings. The lowest BCUT2D eigenvalue weighted by Gasteiger charge is -2.37. The average molecular weight is 361 g/mol. The molecule has 0 bridgehead atoms. The zero-order valence-corrected chi connectivity index (χ0v) is 16.6. The van der Waals surface area contributed by atoms with Crippen molar-refractivity contribution in [3.05, 3.63) is 17.6 Å². The summed E-state index contributed by atoms with van der Waals surface area (Å²) in [6, 6.07) is 2.13. The van der Waals surface area contributed by atoms with Gasteiger partial charge in [-0.15, -0.1) is 0 Å². The lowest BCUT2D eigenvalue weighted by Crippen LogP contribution is -2.45. The summed E-state index contributed by atoms with van der Waals surface area (Å²) in [6.45, 7) is 13.0. The molecule has 0 N–H and O–H groups in total. The summed E-state index contributed by atoms with van der Waals surface area (Å²) in [5, 5.41) is 0. The highest BCUT2D eigenvalue weighted by molar-refractivity contribution is 5.82. The van der Waals surface area contributed by atoms with E-state index < -0.39 is 0 Å². The molecular weight excluding hydrogens is 328 g/mol. The third kappa shape index (κ3) is 4.17. The van der Waals surface area contributed by atoms with Crippen molar-refractivity contribution < 1.29 is 9.53 Å². The van der Waals surface area contributed by atoms with Gasteiger partial charge in [0.25, 0.3) is 0 Å². The van der Waals surface area contributed by atoms with E-state index in [4.69, 9.17) is 9.72 Å². The molecule has 0 radical (unpaired) electrons. The molecule has 2 saturated heterocycles. The first-order valence-electron chi connectivity index (χ1n) is 9.88. The number of carbonyl (C=O) groups is 1. The Morgan fingerprint density at radius 1 is 1.27 bits per heavy atom. The van der Waals surface area contributed by atoms with Crippen LogP contribution in [-0.4, -0.2) is 60.2 Å². The molecule has 2 fully saturated rings. The van der Waals surface area contributed by atoms with Crippen LogP contribution in [0.3, 0.4) is 0 Å². The number of aryl methyl sites for hydroxylation is 1. The first-order valence-corrected chi connectivity index (χ1v) is 9.88. The van der Waals surface area contributed by atoms with Crippen molar-refractivity contribution in [2.24, 2.45) is 5.41 Å². The topological polar surface area (TPSA) is 58.6 Å². The fourth-order valence-electron chi connectivity index (χ4n) is 3.72. The summed E-state index contributed by atoms with van der Waals surface area (Å²) in [5.41, 5.74) is 0.786. The first-order chi connectivity index (χ1) is 12.4. The van der Waals surface area contributed by atoms with Crippen LogP contribution in [0.25, 0.3) is 0 Å². The van der Waals surface area contributed by atoms with E-state index in [-0.39, 0.29) is 11.3 Å². The number of rotatable bonds is 4. The van der Waals surface area contributed by atoms with Crippen molar-refractivity contribution >= 4 is 11.7 Å². The number of carbonyl (C=O) groups excluding carboxylic acids is 1. The number of ether oxygens (including phenoxy) is 1. The summed E-state index contributed by atoms with van der Waals surface area (Å²) >= 11 is 0. The molecule has 0 aromatic carbocycles. The predicted octanol–water partition coefficient (Wildman–Crippen LogP) is 2.76. The third-order valence-electron chi connectivity index (χ3n) is 5.77. The van der Waals surface area contributed by atoms with Crippen LogP contribution in [0.2, 0.25) is 0 Å². The zero-order valence-electron chi connectivity index (χ0n) is 16.6. The zero-order chi connectivity index (χ0) is 18.7. The van der Waals surface area contributed by atoms with E-state index in [0.717, 1.165) is 76.0 Å². The normalized spacial score (nSPS) is 21.8. The van der Waals surface area contributed by atoms with Gasteiger partial charge in [0.1, 0.15) is 11.6 Å². The van der Waals surface area contributed by atoms with E-state index in [0.29, 0.717) is 5.92 Å². The summed E-state index contributed by atoms with van der Waals surface area (Å²) in [6.07, 6.45) is 2.97. The van der Waals surface area contributed by atoms with Gasteiger partial charge < -0.3 is 14.5 Å². The number of hydrogen-bond donors (Lipinski definition) is 0. The van der Waals surface area contributed by atoms with Gasteiger partial charge in [-0.05, 0) is 26.2 Å². The maximum Gasteiger partial charge on any atom is 0.228 e. The molecule has 1 atom stereocenters. The molecule has 0 aliphatic carbocycles. The second-order valence-corrected chi connectivity index (χ2v) is 8.13. The van der Waals surface area contributed by atoms with Gasteiger partial charge in [-0.25, -0.2) is 9.97 Å². The Balaban J connectivity index is 1.77. The second-order valence-electron chi connectivity index (χ2n) is 8.13. The number of nitrogens with zero attached hydrogens (tertiary/aromatic N) is 4. The van der Waals surface area contributed by atoms with Crippen molar-refractivity contribution in [2.75, 3.05) is 44.3 Å². The molecule has 0 unspecified atom stereocenters. The van der Waals surface area contributed by atoms with Gasteiger partial charge in [-0.2, -0.15) is 0 Å². The Morgan fingerprint density at radius 2 is 2.00 bits per heavy atom. The molecule has 1 aromatic heterocycles. The van der Waals surface area contributed by atoms with Crippen LogP contribution in [0.5, 0.6) is 0 Å². The van der Waals surface area contributed by atoms with E-state index in [2.05, 4.69) is 22.9 Å². The van der Waals surface area contributed by atoms with Gasteiger partial charge in [0, 0.05) is 43.6 Å². The number of piperidine rings is 1. The number of aromatic nitrogens is 2. The molecule has 26 heavy (non-hydrogen) atoms. The molecule has 3 rings (SSSR count). The van der Waals surface area contributed by atoms with Crippen LogP contribution in [0.4, 0.5) is 5.82 Å². The fraction of sp³-hybridized carbons (Fsp3) is 0.750. The monoisotopic (exact) mass is 360 g/mol. The molecule has 1 amide bonds. The smallest absolute Gasteiger partial charge is 0.228 e. The van der Waals surface area contributed by atoms with E-state index >= 15 is 0 Å². The Morgan fingerprint density at radius 3 is 2.69 bits per heavy atom. The maximum absolute atomic E-state index is 12.9. The molecule has 6 nitrogen and oxygen atoms in total. The Kier molecular flexibility index (Phi) is 5.80. The lowest BCUT2D eigenvalue weighted by atomic mass is 9.86. The van der Waals surface area contributed by atoms with Crippen LogP contribution in [0, 0.1) is 12.3 Å². The van der Waals surface area contributed by atoms with Crippen molar-refractivity contribution in [1.29, 1.82) is 0 Å². The van der Waals surface area contributed by atoms with Crippen molar-refractivity contribution in [3.8, 4) is 0 Å². The highest BCUT2D eigenvalue weighted by Gasteiger charge is 2.34. The Bertz CT molecular complexity index is 641. The Labute approximate surface area is 156 Å². The third-order valence-corrected chi connectivity index (χ3v) is 5.77. The number of amides is 1. The van der Waals surface area contributed by atoms with Gasteiger partial charge in [0.15, 0.2) is 0 Å². The summed E-state index contributed by atoms with van der Waals surface area (Å²) in [7, 11) is 0. The predicted molar refractivity (Wildman–Crippen MR) is 102 cm³/mol. The van der Waals surface area contributed by atoms with E-state index in [1.807, 2.05) is 25.7 Å². The van der Waals surface area contributed by atoms with Crippen molar-refractivity contribution in [3.63, 3.8) is 0 Å². The average Bonchev–Trinajstić information content (AvgIpc) is 2.67. The minimum absolute atomic E-state index is 0.267. The molecule has 6 heteroatoms.